The second kappa shape index (κ2) is 7.43. The van der Waals surface area contributed by atoms with E-state index in [4.69, 9.17) is 15.2 Å². The Kier molecular flexibility index (Phi) is 5.89. The van der Waals surface area contributed by atoms with Crippen molar-refractivity contribution in [2.24, 2.45) is 17.6 Å². The molecule has 2 atom stereocenters. The minimum absolute atomic E-state index is 0.510. The van der Waals surface area contributed by atoms with Gasteiger partial charge in [-0.2, -0.15) is 0 Å². The maximum atomic E-state index is 6.00. The third-order valence-corrected chi connectivity index (χ3v) is 4.42. The molecule has 0 aromatic rings. The van der Waals surface area contributed by atoms with Crippen molar-refractivity contribution in [1.29, 1.82) is 0 Å². The van der Waals surface area contributed by atoms with Crippen LogP contribution in [0, 0.1) is 11.8 Å². The first-order chi connectivity index (χ1) is 8.81. The summed E-state index contributed by atoms with van der Waals surface area (Å²) in [5.41, 5.74) is 6.00. The Morgan fingerprint density at radius 2 is 1.94 bits per heavy atom. The molecule has 0 bridgehead atoms. The Morgan fingerprint density at radius 3 is 2.56 bits per heavy atom. The molecule has 0 aromatic heterocycles. The van der Waals surface area contributed by atoms with E-state index in [1.165, 1.54) is 12.8 Å². The van der Waals surface area contributed by atoms with Crippen LogP contribution in [0.25, 0.3) is 0 Å². The standard InChI is InChI=1S/C14H28N2O2/c1-16(10-12-3-2-6-18-11-12)14(9-15)13-4-7-17-8-5-13/h12-14H,2-11,15H2,1H3. The molecule has 0 amide bonds. The molecule has 0 saturated carbocycles. The van der Waals surface area contributed by atoms with Crippen LogP contribution in [0.4, 0.5) is 0 Å². The van der Waals surface area contributed by atoms with E-state index in [0.29, 0.717) is 17.9 Å². The van der Waals surface area contributed by atoms with Gasteiger partial charge in [-0.05, 0) is 44.6 Å². The van der Waals surface area contributed by atoms with E-state index in [0.717, 1.165) is 52.4 Å². The number of hydrogen-bond donors (Lipinski definition) is 1. The van der Waals surface area contributed by atoms with Crippen LogP contribution in [-0.4, -0.2) is 57.5 Å². The molecule has 2 N–H and O–H groups in total. The first kappa shape index (κ1) is 14.3. The molecule has 4 nitrogen and oxygen atoms in total. The van der Waals surface area contributed by atoms with Crippen LogP contribution in [0.1, 0.15) is 25.7 Å². The summed E-state index contributed by atoms with van der Waals surface area (Å²) in [6.45, 7) is 5.56. The number of ether oxygens (including phenoxy) is 2. The first-order valence-electron chi connectivity index (χ1n) is 7.37. The highest BCUT2D eigenvalue weighted by atomic mass is 16.5. The average molecular weight is 256 g/mol. The van der Waals surface area contributed by atoms with Crippen molar-refractivity contribution in [1.82, 2.24) is 4.90 Å². The molecule has 106 valence electrons. The molecular formula is C14H28N2O2. The van der Waals surface area contributed by atoms with E-state index in [9.17, 15) is 0 Å². The van der Waals surface area contributed by atoms with Crippen LogP contribution >= 0.6 is 0 Å². The Hall–Kier alpha value is -0.160. The minimum atomic E-state index is 0.510. The molecule has 4 heteroatoms. The van der Waals surface area contributed by atoms with Gasteiger partial charge in [-0.1, -0.05) is 0 Å². The summed E-state index contributed by atoms with van der Waals surface area (Å²) in [7, 11) is 2.22. The van der Waals surface area contributed by atoms with Crippen molar-refractivity contribution < 1.29 is 9.47 Å². The van der Waals surface area contributed by atoms with E-state index in [1.807, 2.05) is 0 Å². The first-order valence-corrected chi connectivity index (χ1v) is 7.37. The summed E-state index contributed by atoms with van der Waals surface area (Å²) in [4.78, 5) is 2.47. The third-order valence-electron chi connectivity index (χ3n) is 4.42. The molecule has 2 fully saturated rings. The summed E-state index contributed by atoms with van der Waals surface area (Å²) in [5.74, 6) is 1.40. The van der Waals surface area contributed by atoms with Gasteiger partial charge in [-0.25, -0.2) is 0 Å². The molecule has 0 radical (unpaired) electrons. The van der Waals surface area contributed by atoms with Gasteiger partial charge in [0.15, 0.2) is 0 Å². The Bertz CT molecular complexity index is 226. The van der Waals surface area contributed by atoms with Gasteiger partial charge in [0, 0.05) is 39.0 Å². The van der Waals surface area contributed by atoms with Crippen molar-refractivity contribution in [3.63, 3.8) is 0 Å². The smallest absolute Gasteiger partial charge is 0.0506 e. The van der Waals surface area contributed by atoms with Gasteiger partial charge in [0.2, 0.25) is 0 Å². The predicted octanol–water partition coefficient (Wildman–Crippen LogP) is 1.10. The molecule has 2 rings (SSSR count). The molecule has 2 heterocycles. The lowest BCUT2D eigenvalue weighted by molar-refractivity contribution is 0.0106. The Labute approximate surface area is 111 Å². The molecule has 0 aromatic carbocycles. The largest absolute Gasteiger partial charge is 0.381 e. The lowest BCUT2D eigenvalue weighted by atomic mass is 9.90. The molecule has 0 aliphatic carbocycles. The van der Waals surface area contributed by atoms with E-state index < -0.39 is 0 Å². The van der Waals surface area contributed by atoms with Gasteiger partial charge in [0.25, 0.3) is 0 Å². The highest BCUT2D eigenvalue weighted by Crippen LogP contribution is 2.23. The van der Waals surface area contributed by atoms with Crippen molar-refractivity contribution in [3.05, 3.63) is 0 Å². The second-order valence-corrected chi connectivity index (χ2v) is 5.78. The zero-order valence-electron chi connectivity index (χ0n) is 11.6. The van der Waals surface area contributed by atoms with Gasteiger partial charge in [-0.15, -0.1) is 0 Å². The predicted molar refractivity (Wildman–Crippen MR) is 72.6 cm³/mol. The fraction of sp³-hybridized carbons (Fsp3) is 1.00. The number of nitrogens with zero attached hydrogens (tertiary/aromatic N) is 1. The summed E-state index contributed by atoms with van der Waals surface area (Å²) in [6, 6.07) is 0.510. The van der Waals surface area contributed by atoms with Crippen molar-refractivity contribution in [2.45, 2.75) is 31.7 Å². The van der Waals surface area contributed by atoms with Gasteiger partial charge in [-0.3, -0.25) is 0 Å². The summed E-state index contributed by atoms with van der Waals surface area (Å²) in [6.07, 6.45) is 4.83. The van der Waals surface area contributed by atoms with Gasteiger partial charge in [0.05, 0.1) is 6.61 Å². The maximum absolute atomic E-state index is 6.00. The van der Waals surface area contributed by atoms with Gasteiger partial charge < -0.3 is 20.1 Å². The van der Waals surface area contributed by atoms with Crippen LogP contribution in [0.15, 0.2) is 0 Å². The molecule has 18 heavy (non-hydrogen) atoms. The van der Waals surface area contributed by atoms with E-state index in [1.54, 1.807) is 0 Å². The molecule has 2 unspecified atom stereocenters. The van der Waals surface area contributed by atoms with E-state index >= 15 is 0 Å². The highest BCUT2D eigenvalue weighted by Gasteiger charge is 2.27. The summed E-state index contributed by atoms with van der Waals surface area (Å²) >= 11 is 0. The van der Waals surface area contributed by atoms with Crippen LogP contribution in [0.5, 0.6) is 0 Å². The van der Waals surface area contributed by atoms with Crippen LogP contribution < -0.4 is 5.73 Å². The van der Waals surface area contributed by atoms with Crippen molar-refractivity contribution >= 4 is 0 Å². The quantitative estimate of drug-likeness (QED) is 0.800. The number of rotatable bonds is 5. The topological polar surface area (TPSA) is 47.7 Å². The fourth-order valence-electron chi connectivity index (χ4n) is 3.33. The monoisotopic (exact) mass is 256 g/mol. The number of likely N-dealkylation sites (N-methyl/N-ethyl adjacent to an activating group) is 1. The molecule has 2 aliphatic rings. The van der Waals surface area contributed by atoms with Gasteiger partial charge >= 0.3 is 0 Å². The lowest BCUT2D eigenvalue weighted by Gasteiger charge is -2.38. The minimum Gasteiger partial charge on any atom is -0.381 e. The van der Waals surface area contributed by atoms with Crippen molar-refractivity contribution in [3.8, 4) is 0 Å². The third kappa shape index (κ3) is 3.92. The SMILES string of the molecule is CN(CC1CCCOC1)C(CN)C1CCOCC1. The van der Waals surface area contributed by atoms with Crippen LogP contribution in [0.2, 0.25) is 0 Å². The zero-order valence-corrected chi connectivity index (χ0v) is 11.6. The summed E-state index contributed by atoms with van der Waals surface area (Å²) < 4.78 is 11.0. The molecule has 2 saturated heterocycles. The van der Waals surface area contributed by atoms with E-state index in [2.05, 4.69) is 11.9 Å². The van der Waals surface area contributed by atoms with Crippen LogP contribution in [0.3, 0.4) is 0 Å². The Morgan fingerprint density at radius 1 is 1.17 bits per heavy atom. The molecule has 2 aliphatic heterocycles. The normalized spacial score (nSPS) is 28.5. The fourth-order valence-corrected chi connectivity index (χ4v) is 3.33. The maximum Gasteiger partial charge on any atom is 0.0506 e. The summed E-state index contributed by atoms with van der Waals surface area (Å²) in [5, 5.41) is 0. The Balaban J connectivity index is 1.81. The molecule has 0 spiro atoms. The van der Waals surface area contributed by atoms with Crippen LogP contribution in [-0.2, 0) is 9.47 Å². The molecular weight excluding hydrogens is 228 g/mol. The zero-order chi connectivity index (χ0) is 12.8. The van der Waals surface area contributed by atoms with E-state index in [-0.39, 0.29) is 0 Å². The lowest BCUT2D eigenvalue weighted by Crippen LogP contribution is -2.47. The highest BCUT2D eigenvalue weighted by molar-refractivity contribution is 4.82. The average Bonchev–Trinajstić information content (AvgIpc) is 2.42. The number of nitrogens with two attached hydrogens (primary N) is 1. The van der Waals surface area contributed by atoms with Gasteiger partial charge in [0.1, 0.15) is 0 Å². The number of hydrogen-bond acceptors (Lipinski definition) is 4. The van der Waals surface area contributed by atoms with Crippen molar-refractivity contribution in [2.75, 3.05) is 46.6 Å². The second-order valence-electron chi connectivity index (χ2n) is 5.78.